The molecule has 2 aromatic rings. The van der Waals surface area contributed by atoms with Crippen LogP contribution < -0.4 is 5.32 Å². The predicted molar refractivity (Wildman–Crippen MR) is 73.3 cm³/mol. The number of nitrogens with one attached hydrogen (secondary N) is 1. The van der Waals surface area contributed by atoms with Crippen molar-refractivity contribution < 1.29 is 14.1 Å². The van der Waals surface area contributed by atoms with Crippen LogP contribution >= 0.6 is 0 Å². The third-order valence-electron chi connectivity index (χ3n) is 3.06. The second-order valence-corrected chi connectivity index (χ2v) is 4.65. The van der Waals surface area contributed by atoms with Gasteiger partial charge in [-0.2, -0.15) is 0 Å². The SMILES string of the molecule is Cc1cc(Nc2ncc(C(=O)N3CCOCC3)cn2)no1. The molecule has 110 valence electrons. The Kier molecular flexibility index (Phi) is 3.78. The van der Waals surface area contributed by atoms with Crippen molar-refractivity contribution in [2.24, 2.45) is 0 Å². The zero-order valence-corrected chi connectivity index (χ0v) is 11.6. The lowest BCUT2D eigenvalue weighted by Crippen LogP contribution is -2.40. The third-order valence-corrected chi connectivity index (χ3v) is 3.06. The summed E-state index contributed by atoms with van der Waals surface area (Å²) < 4.78 is 10.2. The molecular formula is C13H15N5O3. The highest BCUT2D eigenvalue weighted by Crippen LogP contribution is 2.13. The Morgan fingerprint density at radius 1 is 1.29 bits per heavy atom. The van der Waals surface area contributed by atoms with Crippen molar-refractivity contribution in [3.8, 4) is 0 Å². The molecule has 1 N–H and O–H groups in total. The number of aryl methyl sites for hydroxylation is 1. The van der Waals surface area contributed by atoms with Crippen LogP contribution in [0, 0.1) is 6.92 Å². The van der Waals surface area contributed by atoms with Crippen molar-refractivity contribution in [2.45, 2.75) is 6.92 Å². The first kappa shape index (κ1) is 13.5. The van der Waals surface area contributed by atoms with Gasteiger partial charge in [-0.25, -0.2) is 9.97 Å². The molecule has 3 rings (SSSR count). The number of morpholine rings is 1. The average molecular weight is 289 g/mol. The molecule has 0 radical (unpaired) electrons. The van der Waals surface area contributed by atoms with Crippen LogP contribution in [0.4, 0.5) is 11.8 Å². The van der Waals surface area contributed by atoms with Gasteiger partial charge in [0, 0.05) is 31.5 Å². The van der Waals surface area contributed by atoms with Crippen molar-refractivity contribution >= 4 is 17.7 Å². The Morgan fingerprint density at radius 3 is 2.62 bits per heavy atom. The molecular weight excluding hydrogens is 274 g/mol. The smallest absolute Gasteiger partial charge is 0.257 e. The van der Waals surface area contributed by atoms with Gasteiger partial charge in [-0.15, -0.1) is 0 Å². The molecule has 1 fully saturated rings. The van der Waals surface area contributed by atoms with Gasteiger partial charge in [-0.05, 0) is 6.92 Å². The molecule has 3 heterocycles. The summed E-state index contributed by atoms with van der Waals surface area (Å²) >= 11 is 0. The van der Waals surface area contributed by atoms with E-state index in [0.29, 0.717) is 49.4 Å². The molecule has 0 spiro atoms. The van der Waals surface area contributed by atoms with Crippen LogP contribution in [0.1, 0.15) is 16.1 Å². The summed E-state index contributed by atoms with van der Waals surface area (Å²) in [6.07, 6.45) is 3.00. The Bertz CT molecular complexity index is 619. The average Bonchev–Trinajstić information content (AvgIpc) is 2.93. The first-order chi connectivity index (χ1) is 10.2. The number of nitrogens with zero attached hydrogens (tertiary/aromatic N) is 4. The number of carbonyl (C=O) groups is 1. The van der Waals surface area contributed by atoms with Gasteiger partial charge in [0.25, 0.3) is 5.91 Å². The number of anilines is 2. The van der Waals surface area contributed by atoms with Crippen molar-refractivity contribution in [1.29, 1.82) is 0 Å². The third kappa shape index (κ3) is 3.16. The molecule has 1 saturated heterocycles. The van der Waals surface area contributed by atoms with E-state index in [1.807, 2.05) is 0 Å². The highest BCUT2D eigenvalue weighted by atomic mass is 16.5. The molecule has 1 amide bonds. The first-order valence-electron chi connectivity index (χ1n) is 6.62. The lowest BCUT2D eigenvalue weighted by molar-refractivity contribution is 0.0302. The van der Waals surface area contributed by atoms with E-state index in [4.69, 9.17) is 9.26 Å². The molecule has 0 bridgehead atoms. The molecule has 8 nitrogen and oxygen atoms in total. The molecule has 0 atom stereocenters. The Hall–Kier alpha value is -2.48. The Balaban J connectivity index is 1.67. The van der Waals surface area contributed by atoms with E-state index in [9.17, 15) is 4.79 Å². The first-order valence-corrected chi connectivity index (χ1v) is 6.62. The second-order valence-electron chi connectivity index (χ2n) is 4.65. The summed E-state index contributed by atoms with van der Waals surface area (Å²) in [5.74, 6) is 1.50. The van der Waals surface area contributed by atoms with E-state index >= 15 is 0 Å². The summed E-state index contributed by atoms with van der Waals surface area (Å²) in [6, 6.07) is 1.73. The Morgan fingerprint density at radius 2 is 2.00 bits per heavy atom. The maximum absolute atomic E-state index is 12.2. The van der Waals surface area contributed by atoms with Gasteiger partial charge in [0.2, 0.25) is 5.95 Å². The maximum atomic E-state index is 12.2. The molecule has 2 aromatic heterocycles. The lowest BCUT2D eigenvalue weighted by atomic mass is 10.3. The van der Waals surface area contributed by atoms with Crippen LogP contribution in [0.2, 0.25) is 0 Å². The van der Waals surface area contributed by atoms with Gasteiger partial charge in [0.1, 0.15) is 5.76 Å². The summed E-state index contributed by atoms with van der Waals surface area (Å²) in [5.41, 5.74) is 0.457. The van der Waals surface area contributed by atoms with E-state index < -0.39 is 0 Å². The zero-order chi connectivity index (χ0) is 14.7. The van der Waals surface area contributed by atoms with Gasteiger partial charge in [-0.3, -0.25) is 4.79 Å². The van der Waals surface area contributed by atoms with Gasteiger partial charge in [0.05, 0.1) is 18.8 Å². The highest BCUT2D eigenvalue weighted by Gasteiger charge is 2.19. The molecule has 21 heavy (non-hydrogen) atoms. The van der Waals surface area contributed by atoms with Gasteiger partial charge < -0.3 is 19.5 Å². The number of carbonyl (C=O) groups excluding carboxylic acids is 1. The fraction of sp³-hybridized carbons (Fsp3) is 0.385. The van der Waals surface area contributed by atoms with E-state index in [1.54, 1.807) is 17.9 Å². The fourth-order valence-electron chi connectivity index (χ4n) is 1.99. The number of aromatic nitrogens is 3. The van der Waals surface area contributed by atoms with E-state index in [0.717, 1.165) is 0 Å². The standard InChI is InChI=1S/C13H15N5O3/c1-9-6-11(17-21-9)16-13-14-7-10(8-15-13)12(19)18-2-4-20-5-3-18/h6-8H,2-5H2,1H3,(H,14,15,16,17). The van der Waals surface area contributed by atoms with Crippen molar-refractivity contribution in [3.05, 3.63) is 29.8 Å². The minimum Gasteiger partial charge on any atom is -0.378 e. The summed E-state index contributed by atoms with van der Waals surface area (Å²) in [5, 5.41) is 6.69. The van der Waals surface area contributed by atoms with Gasteiger partial charge in [0.15, 0.2) is 5.82 Å². The summed E-state index contributed by atoms with van der Waals surface area (Å²) in [6.45, 7) is 4.12. The molecule has 0 aliphatic carbocycles. The van der Waals surface area contributed by atoms with E-state index in [-0.39, 0.29) is 5.91 Å². The number of hydrogen-bond acceptors (Lipinski definition) is 7. The molecule has 1 aliphatic rings. The largest absolute Gasteiger partial charge is 0.378 e. The van der Waals surface area contributed by atoms with Gasteiger partial charge in [-0.1, -0.05) is 5.16 Å². The number of ether oxygens (including phenoxy) is 1. The molecule has 0 saturated carbocycles. The monoisotopic (exact) mass is 289 g/mol. The van der Waals surface area contributed by atoms with E-state index in [2.05, 4.69) is 20.4 Å². The van der Waals surface area contributed by atoms with Crippen molar-refractivity contribution in [3.63, 3.8) is 0 Å². The topological polar surface area (TPSA) is 93.4 Å². The quantitative estimate of drug-likeness (QED) is 0.900. The van der Waals surface area contributed by atoms with Crippen LogP contribution in [0.5, 0.6) is 0 Å². The van der Waals surface area contributed by atoms with Gasteiger partial charge >= 0.3 is 0 Å². The molecule has 0 aromatic carbocycles. The summed E-state index contributed by atoms with van der Waals surface area (Å²) in [4.78, 5) is 22.2. The normalized spacial score (nSPS) is 15.0. The number of hydrogen-bond donors (Lipinski definition) is 1. The van der Waals surface area contributed by atoms with E-state index in [1.165, 1.54) is 12.4 Å². The zero-order valence-electron chi connectivity index (χ0n) is 11.6. The van der Waals surface area contributed by atoms with Crippen molar-refractivity contribution in [1.82, 2.24) is 20.0 Å². The second kappa shape index (κ2) is 5.88. The van der Waals surface area contributed by atoms with Crippen LogP contribution in [-0.2, 0) is 4.74 Å². The van der Waals surface area contributed by atoms with Crippen molar-refractivity contribution in [2.75, 3.05) is 31.6 Å². The minimum atomic E-state index is -0.0814. The van der Waals surface area contributed by atoms with Crippen LogP contribution in [0.15, 0.2) is 23.0 Å². The maximum Gasteiger partial charge on any atom is 0.257 e. The van der Waals surface area contributed by atoms with Crippen LogP contribution in [-0.4, -0.2) is 52.2 Å². The summed E-state index contributed by atoms with van der Waals surface area (Å²) in [7, 11) is 0. The van der Waals surface area contributed by atoms with Crippen LogP contribution in [0.3, 0.4) is 0 Å². The fourth-order valence-corrected chi connectivity index (χ4v) is 1.99. The number of amides is 1. The molecule has 0 unspecified atom stereocenters. The Labute approximate surface area is 121 Å². The number of rotatable bonds is 3. The molecule has 1 aliphatic heterocycles. The lowest BCUT2D eigenvalue weighted by Gasteiger charge is -2.26. The molecule has 8 heteroatoms. The minimum absolute atomic E-state index is 0.0814. The predicted octanol–water partition coefficient (Wildman–Crippen LogP) is 0.989. The highest BCUT2D eigenvalue weighted by molar-refractivity contribution is 5.93. The van der Waals surface area contributed by atoms with Crippen LogP contribution in [0.25, 0.3) is 0 Å².